The Bertz CT molecular complexity index is 965. The number of aromatic hydroxyl groups is 1. The van der Waals surface area contributed by atoms with Crippen molar-refractivity contribution in [3.05, 3.63) is 34.2 Å². The maximum absolute atomic E-state index is 13.4. The van der Waals surface area contributed by atoms with Crippen LogP contribution in [0, 0.1) is 0 Å². The number of carbonyl (C=O) groups is 1. The molecule has 2 aromatic rings. The molecule has 0 unspecified atom stereocenters. The molecule has 8 nitrogen and oxygen atoms in total. The summed E-state index contributed by atoms with van der Waals surface area (Å²) in [7, 11) is 0. The van der Waals surface area contributed by atoms with Crippen LogP contribution in [0.4, 0.5) is 4.39 Å². The van der Waals surface area contributed by atoms with Gasteiger partial charge in [-0.05, 0) is 37.8 Å². The number of fused-ring (bicyclic) bond motifs is 1. The Hall–Kier alpha value is -2.52. The number of hydrogen-bond donors (Lipinski definition) is 2. The van der Waals surface area contributed by atoms with Gasteiger partial charge in [-0.2, -0.15) is 0 Å². The number of halogens is 1. The van der Waals surface area contributed by atoms with Crippen LogP contribution >= 0.6 is 0 Å². The summed E-state index contributed by atoms with van der Waals surface area (Å²) < 4.78 is 20.2. The van der Waals surface area contributed by atoms with Crippen LogP contribution in [0.3, 0.4) is 0 Å². The van der Waals surface area contributed by atoms with E-state index in [4.69, 9.17) is 4.74 Å². The van der Waals surface area contributed by atoms with Gasteiger partial charge in [-0.15, -0.1) is 0 Å². The first-order chi connectivity index (χ1) is 14.5. The molecule has 0 aromatic carbocycles. The third-order valence-electron chi connectivity index (χ3n) is 5.96. The molecule has 1 saturated carbocycles. The van der Waals surface area contributed by atoms with Crippen LogP contribution in [0.15, 0.2) is 23.1 Å². The Morgan fingerprint density at radius 3 is 2.70 bits per heavy atom. The molecule has 162 valence electrons. The van der Waals surface area contributed by atoms with Crippen molar-refractivity contribution in [2.45, 2.75) is 44.4 Å². The number of rotatable bonds is 5. The summed E-state index contributed by atoms with van der Waals surface area (Å²) in [4.78, 5) is 32.6. The number of nitrogens with one attached hydrogen (secondary N) is 1. The van der Waals surface area contributed by atoms with Gasteiger partial charge in [0.05, 0.1) is 18.6 Å². The van der Waals surface area contributed by atoms with E-state index < -0.39 is 17.6 Å². The summed E-state index contributed by atoms with van der Waals surface area (Å²) in [6.07, 6.45) is 2.55. The van der Waals surface area contributed by atoms with E-state index in [1.165, 1.54) is 4.57 Å². The lowest BCUT2D eigenvalue weighted by Crippen LogP contribution is -2.42. The fourth-order valence-electron chi connectivity index (χ4n) is 4.20. The minimum Gasteiger partial charge on any atom is -0.506 e. The molecule has 2 aromatic heterocycles. The number of ether oxygens (including phenoxy) is 1. The van der Waals surface area contributed by atoms with Gasteiger partial charge in [-0.3, -0.25) is 19.1 Å². The van der Waals surface area contributed by atoms with E-state index in [0.717, 1.165) is 13.1 Å². The summed E-state index contributed by atoms with van der Waals surface area (Å²) in [6.45, 7) is 3.82. The van der Waals surface area contributed by atoms with Gasteiger partial charge in [0.25, 0.3) is 11.5 Å². The minimum atomic E-state index is -0.837. The number of hydrogen-bond acceptors (Lipinski definition) is 6. The van der Waals surface area contributed by atoms with Crippen molar-refractivity contribution in [1.29, 1.82) is 0 Å². The van der Waals surface area contributed by atoms with Gasteiger partial charge < -0.3 is 15.2 Å². The third-order valence-corrected chi connectivity index (χ3v) is 5.96. The summed E-state index contributed by atoms with van der Waals surface area (Å²) in [5.41, 5.74) is -0.494. The van der Waals surface area contributed by atoms with Crippen molar-refractivity contribution in [3.63, 3.8) is 0 Å². The largest absolute Gasteiger partial charge is 0.506 e. The quantitative estimate of drug-likeness (QED) is 0.763. The molecule has 2 N–H and O–H groups in total. The number of morpholine rings is 1. The molecular weight excluding hydrogens is 391 g/mol. The van der Waals surface area contributed by atoms with Crippen LogP contribution < -0.4 is 10.9 Å². The first-order valence-corrected chi connectivity index (χ1v) is 10.5. The summed E-state index contributed by atoms with van der Waals surface area (Å²) in [5, 5.41) is 13.9. The van der Waals surface area contributed by atoms with Crippen LogP contribution in [0.25, 0.3) is 11.0 Å². The van der Waals surface area contributed by atoms with Gasteiger partial charge in [0, 0.05) is 38.4 Å². The maximum atomic E-state index is 13.4. The maximum Gasteiger partial charge on any atom is 0.268 e. The molecule has 0 radical (unpaired) electrons. The molecule has 4 rings (SSSR count). The average molecular weight is 418 g/mol. The SMILES string of the molecule is O=C(NC1CCC(F)CC1)c1c(O)c2cccnc2n(CCN2CCOCC2)c1=O. The topological polar surface area (TPSA) is 96.7 Å². The van der Waals surface area contributed by atoms with Crippen LogP contribution in [0.5, 0.6) is 5.75 Å². The van der Waals surface area contributed by atoms with Gasteiger partial charge in [0.1, 0.15) is 23.1 Å². The van der Waals surface area contributed by atoms with E-state index in [9.17, 15) is 19.1 Å². The highest BCUT2D eigenvalue weighted by atomic mass is 19.1. The molecule has 30 heavy (non-hydrogen) atoms. The fourth-order valence-corrected chi connectivity index (χ4v) is 4.20. The number of alkyl halides is 1. The van der Waals surface area contributed by atoms with Crippen LogP contribution in [-0.2, 0) is 11.3 Å². The minimum absolute atomic E-state index is 0.199. The third kappa shape index (κ3) is 4.32. The highest BCUT2D eigenvalue weighted by Crippen LogP contribution is 2.26. The van der Waals surface area contributed by atoms with Crippen molar-refractivity contribution in [2.24, 2.45) is 0 Å². The molecule has 3 heterocycles. The van der Waals surface area contributed by atoms with E-state index in [2.05, 4.69) is 15.2 Å². The lowest BCUT2D eigenvalue weighted by atomic mass is 9.94. The second-order valence-electron chi connectivity index (χ2n) is 7.93. The van der Waals surface area contributed by atoms with Crippen molar-refractivity contribution in [2.75, 3.05) is 32.8 Å². The fraction of sp³-hybridized carbons (Fsp3) is 0.571. The van der Waals surface area contributed by atoms with Crippen LogP contribution in [0.1, 0.15) is 36.0 Å². The molecule has 1 amide bonds. The lowest BCUT2D eigenvalue weighted by Gasteiger charge is -2.27. The van der Waals surface area contributed by atoms with Gasteiger partial charge in [0.15, 0.2) is 0 Å². The van der Waals surface area contributed by atoms with Gasteiger partial charge in [-0.25, -0.2) is 9.37 Å². The Balaban J connectivity index is 1.63. The second-order valence-corrected chi connectivity index (χ2v) is 7.93. The highest BCUT2D eigenvalue weighted by Gasteiger charge is 2.27. The molecule has 2 fully saturated rings. The Morgan fingerprint density at radius 2 is 1.97 bits per heavy atom. The molecule has 1 saturated heterocycles. The molecule has 0 spiro atoms. The number of pyridine rings is 2. The first kappa shape index (κ1) is 20.7. The molecular formula is C21H27FN4O4. The van der Waals surface area contributed by atoms with Gasteiger partial charge >= 0.3 is 0 Å². The summed E-state index contributed by atoms with van der Waals surface area (Å²) in [6, 6.07) is 3.10. The molecule has 9 heteroatoms. The standard InChI is InChI=1S/C21H27FN4O4/c22-14-3-5-15(6-4-14)24-20(28)17-18(27)16-2-1-7-23-19(16)26(21(17)29)9-8-25-10-12-30-13-11-25/h1-2,7,14-15,27H,3-6,8-13H2,(H,24,28). The smallest absolute Gasteiger partial charge is 0.268 e. The van der Waals surface area contributed by atoms with Gasteiger partial charge in [0.2, 0.25) is 0 Å². The number of amides is 1. The average Bonchev–Trinajstić information content (AvgIpc) is 2.76. The molecule has 0 bridgehead atoms. The first-order valence-electron chi connectivity index (χ1n) is 10.5. The van der Waals surface area contributed by atoms with Crippen molar-refractivity contribution in [1.82, 2.24) is 19.8 Å². The van der Waals surface area contributed by atoms with E-state index in [1.54, 1.807) is 18.3 Å². The second kappa shape index (κ2) is 9.09. The highest BCUT2D eigenvalue weighted by molar-refractivity contribution is 6.01. The van der Waals surface area contributed by atoms with E-state index >= 15 is 0 Å². The number of carbonyl (C=O) groups excluding carboxylic acids is 1. The molecule has 1 aliphatic carbocycles. The van der Waals surface area contributed by atoms with E-state index in [-0.39, 0.29) is 17.4 Å². The Morgan fingerprint density at radius 1 is 1.23 bits per heavy atom. The summed E-state index contributed by atoms with van der Waals surface area (Å²) in [5.74, 6) is -0.979. The Labute approximate surface area is 173 Å². The van der Waals surface area contributed by atoms with Crippen LogP contribution in [-0.4, -0.2) is 70.5 Å². The summed E-state index contributed by atoms with van der Waals surface area (Å²) >= 11 is 0. The number of aromatic nitrogens is 2. The zero-order chi connectivity index (χ0) is 21.1. The monoisotopic (exact) mass is 418 g/mol. The van der Waals surface area contributed by atoms with Gasteiger partial charge in [-0.1, -0.05) is 0 Å². The molecule has 1 aliphatic heterocycles. The predicted octanol–water partition coefficient (Wildman–Crippen LogP) is 1.44. The molecule has 2 aliphatic rings. The lowest BCUT2D eigenvalue weighted by molar-refractivity contribution is 0.0364. The van der Waals surface area contributed by atoms with Crippen LogP contribution in [0.2, 0.25) is 0 Å². The predicted molar refractivity (Wildman–Crippen MR) is 110 cm³/mol. The zero-order valence-electron chi connectivity index (χ0n) is 16.8. The van der Waals surface area contributed by atoms with E-state index in [1.807, 2.05) is 0 Å². The normalized spacial score (nSPS) is 22.8. The Kier molecular flexibility index (Phi) is 6.29. The van der Waals surface area contributed by atoms with E-state index in [0.29, 0.717) is 63.0 Å². The van der Waals surface area contributed by atoms with Crippen molar-refractivity contribution >= 4 is 16.9 Å². The molecule has 0 atom stereocenters. The number of nitrogens with zero attached hydrogens (tertiary/aromatic N) is 3. The van der Waals surface area contributed by atoms with Crippen molar-refractivity contribution < 1.29 is 19.0 Å². The van der Waals surface area contributed by atoms with Crippen molar-refractivity contribution in [3.8, 4) is 5.75 Å². The zero-order valence-corrected chi connectivity index (χ0v) is 16.8.